The number of thioether (sulfide) groups is 1. The quantitative estimate of drug-likeness (QED) is 0.828. The van der Waals surface area contributed by atoms with Crippen LogP contribution in [0.15, 0.2) is 6.33 Å². The van der Waals surface area contributed by atoms with Crippen molar-refractivity contribution in [2.24, 2.45) is 5.92 Å². The van der Waals surface area contributed by atoms with E-state index < -0.39 is 0 Å². The van der Waals surface area contributed by atoms with Crippen molar-refractivity contribution in [3.8, 4) is 0 Å². The van der Waals surface area contributed by atoms with E-state index in [1.807, 2.05) is 23.6 Å². The molecule has 6 heteroatoms. The minimum absolute atomic E-state index is 0.128. The number of aromatic nitrogens is 2. The highest BCUT2D eigenvalue weighted by Crippen LogP contribution is 2.27. The summed E-state index contributed by atoms with van der Waals surface area (Å²) < 4.78 is 0. The Bertz CT molecular complexity index is 530. The van der Waals surface area contributed by atoms with Crippen LogP contribution in [0.2, 0.25) is 0 Å². The summed E-state index contributed by atoms with van der Waals surface area (Å²) in [5.41, 5.74) is 2.14. The Morgan fingerprint density at radius 2 is 2.00 bits per heavy atom. The van der Waals surface area contributed by atoms with Crippen LogP contribution in [-0.2, 0) is 4.79 Å². The summed E-state index contributed by atoms with van der Waals surface area (Å²) in [7, 11) is 0. The predicted molar refractivity (Wildman–Crippen MR) is 85.7 cm³/mol. The highest BCUT2D eigenvalue weighted by Gasteiger charge is 2.33. The summed E-state index contributed by atoms with van der Waals surface area (Å²) in [5, 5.41) is 0. The molecule has 5 nitrogen and oxygen atoms in total. The number of carbonyl (C=O) groups excluding carboxylic acids is 1. The Balaban J connectivity index is 1.67. The number of nitrogens with zero attached hydrogens (tertiary/aromatic N) is 4. The van der Waals surface area contributed by atoms with Crippen LogP contribution in [0.25, 0.3) is 0 Å². The van der Waals surface area contributed by atoms with Crippen LogP contribution in [-0.4, -0.2) is 58.5 Å². The molecule has 2 fully saturated rings. The van der Waals surface area contributed by atoms with E-state index in [-0.39, 0.29) is 5.92 Å². The lowest BCUT2D eigenvalue weighted by molar-refractivity contribution is -0.134. The molecule has 1 unspecified atom stereocenters. The van der Waals surface area contributed by atoms with Gasteiger partial charge in [0.05, 0.1) is 5.92 Å². The maximum atomic E-state index is 12.6. The number of amides is 1. The van der Waals surface area contributed by atoms with Crippen molar-refractivity contribution >= 4 is 23.5 Å². The van der Waals surface area contributed by atoms with Gasteiger partial charge >= 0.3 is 0 Å². The molecule has 0 spiro atoms. The van der Waals surface area contributed by atoms with Gasteiger partial charge in [-0.2, -0.15) is 11.8 Å². The van der Waals surface area contributed by atoms with E-state index >= 15 is 0 Å². The zero-order chi connectivity index (χ0) is 14.8. The summed E-state index contributed by atoms with van der Waals surface area (Å²) in [5.74, 6) is 3.61. The van der Waals surface area contributed by atoms with Crippen LogP contribution >= 0.6 is 11.8 Å². The van der Waals surface area contributed by atoms with Gasteiger partial charge < -0.3 is 9.80 Å². The van der Waals surface area contributed by atoms with E-state index in [9.17, 15) is 4.79 Å². The van der Waals surface area contributed by atoms with Crippen molar-refractivity contribution in [3.63, 3.8) is 0 Å². The van der Waals surface area contributed by atoms with Crippen LogP contribution < -0.4 is 4.90 Å². The second kappa shape index (κ2) is 6.22. The molecule has 1 aromatic rings. The predicted octanol–water partition coefficient (Wildman–Crippen LogP) is 1.50. The molecule has 114 valence electrons. The molecule has 2 aliphatic rings. The Morgan fingerprint density at radius 3 is 2.76 bits per heavy atom. The fourth-order valence-electron chi connectivity index (χ4n) is 3.04. The first-order chi connectivity index (χ1) is 10.2. The van der Waals surface area contributed by atoms with E-state index in [0.29, 0.717) is 5.91 Å². The van der Waals surface area contributed by atoms with Gasteiger partial charge in [-0.05, 0) is 20.3 Å². The molecule has 1 amide bonds. The summed E-state index contributed by atoms with van der Waals surface area (Å²) in [4.78, 5) is 25.5. The molecule has 0 bridgehead atoms. The Kier molecular flexibility index (Phi) is 4.33. The highest BCUT2D eigenvalue weighted by atomic mass is 32.2. The maximum Gasteiger partial charge on any atom is 0.227 e. The normalized spacial score (nSPS) is 22.7. The second-order valence-corrected chi connectivity index (χ2v) is 7.00. The monoisotopic (exact) mass is 306 g/mol. The first-order valence-corrected chi connectivity index (χ1v) is 8.72. The standard InChI is InChI=1S/C15H22N4OS/c1-11-12(2)16-10-17-14(11)19-4-3-13(9-19)15(20)18-5-7-21-8-6-18/h10,13H,3-9H2,1-2H3. The topological polar surface area (TPSA) is 49.3 Å². The van der Waals surface area contributed by atoms with Gasteiger partial charge in [-0.15, -0.1) is 0 Å². The molecule has 1 aromatic heterocycles. The number of anilines is 1. The number of hydrogen-bond donors (Lipinski definition) is 0. The maximum absolute atomic E-state index is 12.6. The van der Waals surface area contributed by atoms with Crippen molar-refractivity contribution in [1.29, 1.82) is 0 Å². The molecule has 1 atom stereocenters. The van der Waals surface area contributed by atoms with Crippen LogP contribution in [0.5, 0.6) is 0 Å². The Labute approximate surface area is 130 Å². The fraction of sp³-hybridized carbons (Fsp3) is 0.667. The lowest BCUT2D eigenvalue weighted by Crippen LogP contribution is -2.42. The number of hydrogen-bond acceptors (Lipinski definition) is 5. The minimum Gasteiger partial charge on any atom is -0.355 e. The molecule has 21 heavy (non-hydrogen) atoms. The second-order valence-electron chi connectivity index (χ2n) is 5.78. The summed E-state index contributed by atoms with van der Waals surface area (Å²) in [6, 6.07) is 0. The van der Waals surface area contributed by atoms with Gasteiger partial charge in [0.1, 0.15) is 12.1 Å². The van der Waals surface area contributed by atoms with Crippen molar-refractivity contribution in [1.82, 2.24) is 14.9 Å². The summed E-state index contributed by atoms with van der Waals surface area (Å²) in [6.07, 6.45) is 2.56. The van der Waals surface area contributed by atoms with Gasteiger partial charge in [-0.25, -0.2) is 9.97 Å². The zero-order valence-corrected chi connectivity index (χ0v) is 13.5. The third-order valence-electron chi connectivity index (χ3n) is 4.47. The first-order valence-electron chi connectivity index (χ1n) is 7.56. The average molecular weight is 306 g/mol. The largest absolute Gasteiger partial charge is 0.355 e. The molecule has 3 rings (SSSR count). The van der Waals surface area contributed by atoms with E-state index in [1.165, 1.54) is 0 Å². The SMILES string of the molecule is Cc1ncnc(N2CCC(C(=O)N3CCSCC3)C2)c1C. The van der Waals surface area contributed by atoms with Crippen LogP contribution in [0.3, 0.4) is 0 Å². The molecule has 0 radical (unpaired) electrons. The third-order valence-corrected chi connectivity index (χ3v) is 5.41. The van der Waals surface area contributed by atoms with Gasteiger partial charge in [0.15, 0.2) is 0 Å². The van der Waals surface area contributed by atoms with Crippen LogP contribution in [0, 0.1) is 19.8 Å². The summed E-state index contributed by atoms with van der Waals surface area (Å²) in [6.45, 7) is 7.58. The minimum atomic E-state index is 0.128. The van der Waals surface area contributed by atoms with E-state index in [2.05, 4.69) is 21.8 Å². The first kappa shape index (κ1) is 14.6. The van der Waals surface area contributed by atoms with E-state index in [1.54, 1.807) is 6.33 Å². The molecule has 3 heterocycles. The lowest BCUT2D eigenvalue weighted by Gasteiger charge is -2.29. The number of carbonyl (C=O) groups is 1. The van der Waals surface area contributed by atoms with Crippen molar-refractivity contribution < 1.29 is 4.79 Å². The van der Waals surface area contributed by atoms with E-state index in [4.69, 9.17) is 0 Å². The third kappa shape index (κ3) is 3.00. The molecule has 2 aliphatic heterocycles. The van der Waals surface area contributed by atoms with Crippen LogP contribution in [0.1, 0.15) is 17.7 Å². The molecule has 0 aliphatic carbocycles. The number of aryl methyl sites for hydroxylation is 1. The zero-order valence-electron chi connectivity index (χ0n) is 12.7. The fourth-order valence-corrected chi connectivity index (χ4v) is 3.94. The summed E-state index contributed by atoms with van der Waals surface area (Å²) >= 11 is 1.94. The molecule has 2 saturated heterocycles. The van der Waals surface area contributed by atoms with Crippen LogP contribution in [0.4, 0.5) is 5.82 Å². The molecular formula is C15H22N4OS. The Morgan fingerprint density at radius 1 is 1.24 bits per heavy atom. The van der Waals surface area contributed by atoms with Gasteiger partial charge in [-0.1, -0.05) is 0 Å². The lowest BCUT2D eigenvalue weighted by atomic mass is 10.1. The highest BCUT2D eigenvalue weighted by molar-refractivity contribution is 7.99. The number of rotatable bonds is 2. The van der Waals surface area contributed by atoms with Gasteiger partial charge in [-0.3, -0.25) is 4.79 Å². The Hall–Kier alpha value is -1.30. The van der Waals surface area contributed by atoms with Gasteiger partial charge in [0.2, 0.25) is 5.91 Å². The molecule has 0 saturated carbocycles. The van der Waals surface area contributed by atoms with Crippen molar-refractivity contribution in [2.45, 2.75) is 20.3 Å². The van der Waals surface area contributed by atoms with Gasteiger partial charge in [0, 0.05) is 48.9 Å². The van der Waals surface area contributed by atoms with Gasteiger partial charge in [0.25, 0.3) is 0 Å². The van der Waals surface area contributed by atoms with Crippen molar-refractivity contribution in [2.75, 3.05) is 42.6 Å². The molecule has 0 N–H and O–H groups in total. The van der Waals surface area contributed by atoms with E-state index in [0.717, 1.165) is 61.2 Å². The smallest absolute Gasteiger partial charge is 0.227 e. The van der Waals surface area contributed by atoms with Crippen molar-refractivity contribution in [3.05, 3.63) is 17.6 Å². The average Bonchev–Trinajstić information content (AvgIpc) is 3.00. The molecular weight excluding hydrogens is 284 g/mol. The molecule has 0 aromatic carbocycles.